The SMILES string of the molecule is O=C(C[C@H]1N=C2c3ccccc3N=C(SCc3cccc(F)c3)N2C1=O)NCc1ccc2c(c1)OCO2. The first kappa shape index (κ1) is 23.2. The maximum atomic E-state index is 13.6. The second kappa shape index (κ2) is 9.70. The molecule has 0 aromatic heterocycles. The number of hydrogen-bond acceptors (Lipinski definition) is 7. The predicted molar refractivity (Wildman–Crippen MR) is 137 cm³/mol. The highest BCUT2D eigenvalue weighted by Gasteiger charge is 2.42. The first-order valence-electron chi connectivity index (χ1n) is 11.7. The van der Waals surface area contributed by atoms with Crippen LogP contribution in [0.5, 0.6) is 11.5 Å². The predicted octanol–water partition coefficient (Wildman–Crippen LogP) is 4.15. The van der Waals surface area contributed by atoms with Crippen molar-refractivity contribution in [2.75, 3.05) is 6.79 Å². The quantitative estimate of drug-likeness (QED) is 0.531. The molecule has 37 heavy (non-hydrogen) atoms. The minimum atomic E-state index is -0.863. The molecule has 3 aliphatic heterocycles. The summed E-state index contributed by atoms with van der Waals surface area (Å²) < 4.78 is 24.3. The molecule has 3 aliphatic rings. The zero-order valence-electron chi connectivity index (χ0n) is 19.5. The fraction of sp³-hybridized carbons (Fsp3) is 0.185. The van der Waals surface area contributed by atoms with E-state index in [1.54, 1.807) is 12.1 Å². The molecule has 0 saturated carbocycles. The third-order valence-corrected chi connectivity index (χ3v) is 7.12. The van der Waals surface area contributed by atoms with E-state index in [2.05, 4.69) is 15.3 Å². The molecule has 1 atom stereocenters. The van der Waals surface area contributed by atoms with Crippen LogP contribution in [0.3, 0.4) is 0 Å². The highest BCUT2D eigenvalue weighted by atomic mass is 32.2. The zero-order valence-corrected chi connectivity index (χ0v) is 20.3. The Morgan fingerprint density at radius 1 is 1.05 bits per heavy atom. The molecular formula is C27H21FN4O4S. The summed E-state index contributed by atoms with van der Waals surface area (Å²) in [6, 6.07) is 18.4. The molecule has 1 N–H and O–H groups in total. The van der Waals surface area contributed by atoms with E-state index in [0.717, 1.165) is 16.7 Å². The fourth-order valence-corrected chi connectivity index (χ4v) is 5.25. The van der Waals surface area contributed by atoms with Gasteiger partial charge in [-0.05, 0) is 47.5 Å². The minimum absolute atomic E-state index is 0.0899. The van der Waals surface area contributed by atoms with Gasteiger partial charge in [0.2, 0.25) is 12.7 Å². The Balaban J connectivity index is 1.17. The molecule has 2 amide bonds. The van der Waals surface area contributed by atoms with Crippen molar-refractivity contribution in [2.24, 2.45) is 9.98 Å². The van der Waals surface area contributed by atoms with Gasteiger partial charge < -0.3 is 14.8 Å². The Hall–Kier alpha value is -4.18. The van der Waals surface area contributed by atoms with Crippen LogP contribution in [-0.2, 0) is 21.9 Å². The highest BCUT2D eigenvalue weighted by molar-refractivity contribution is 8.13. The summed E-state index contributed by atoms with van der Waals surface area (Å²) in [6.07, 6.45) is -0.0899. The topological polar surface area (TPSA) is 92.6 Å². The fourth-order valence-electron chi connectivity index (χ4n) is 4.31. The van der Waals surface area contributed by atoms with E-state index in [4.69, 9.17) is 9.47 Å². The van der Waals surface area contributed by atoms with Gasteiger partial charge in [0.25, 0.3) is 5.91 Å². The Morgan fingerprint density at radius 3 is 2.81 bits per heavy atom. The average Bonchev–Trinajstić information content (AvgIpc) is 3.50. The van der Waals surface area contributed by atoms with Crippen LogP contribution in [-0.4, -0.2) is 40.6 Å². The van der Waals surface area contributed by atoms with E-state index in [1.165, 1.54) is 28.8 Å². The summed E-state index contributed by atoms with van der Waals surface area (Å²) in [5.41, 5.74) is 3.06. The molecule has 0 fully saturated rings. The van der Waals surface area contributed by atoms with Crippen molar-refractivity contribution in [3.8, 4) is 11.5 Å². The number of rotatable bonds is 6. The first-order chi connectivity index (χ1) is 18.0. The molecule has 3 aromatic rings. The average molecular weight is 517 g/mol. The van der Waals surface area contributed by atoms with Gasteiger partial charge in [-0.3, -0.25) is 14.6 Å². The van der Waals surface area contributed by atoms with E-state index in [1.807, 2.05) is 42.5 Å². The first-order valence-corrected chi connectivity index (χ1v) is 12.7. The maximum absolute atomic E-state index is 13.6. The number of para-hydroxylation sites is 1. The number of amides is 2. The van der Waals surface area contributed by atoms with E-state index in [0.29, 0.717) is 33.9 Å². The van der Waals surface area contributed by atoms with Gasteiger partial charge in [-0.25, -0.2) is 14.3 Å². The van der Waals surface area contributed by atoms with Crippen molar-refractivity contribution in [1.82, 2.24) is 10.2 Å². The van der Waals surface area contributed by atoms with Crippen LogP contribution in [0.15, 0.2) is 76.7 Å². The van der Waals surface area contributed by atoms with Gasteiger partial charge in [0, 0.05) is 17.9 Å². The molecule has 10 heteroatoms. The zero-order chi connectivity index (χ0) is 25.4. The molecular weight excluding hydrogens is 495 g/mol. The van der Waals surface area contributed by atoms with Crippen LogP contribution in [0.2, 0.25) is 0 Å². The third-order valence-electron chi connectivity index (χ3n) is 6.11. The Morgan fingerprint density at radius 2 is 1.92 bits per heavy atom. The Kier molecular flexibility index (Phi) is 6.09. The summed E-state index contributed by atoms with van der Waals surface area (Å²) in [5, 5.41) is 3.31. The molecule has 3 heterocycles. The van der Waals surface area contributed by atoms with Gasteiger partial charge in [-0.15, -0.1) is 0 Å². The van der Waals surface area contributed by atoms with Gasteiger partial charge in [0.1, 0.15) is 17.7 Å². The number of nitrogens with zero attached hydrogens (tertiary/aromatic N) is 3. The molecule has 6 rings (SSSR count). The summed E-state index contributed by atoms with van der Waals surface area (Å²) in [5.74, 6) is 1.30. The largest absolute Gasteiger partial charge is 0.454 e. The molecule has 0 saturated heterocycles. The highest BCUT2D eigenvalue weighted by Crippen LogP contribution is 2.35. The number of thioether (sulfide) groups is 1. The van der Waals surface area contributed by atoms with Crippen LogP contribution in [0, 0.1) is 5.82 Å². The van der Waals surface area contributed by atoms with E-state index >= 15 is 0 Å². The summed E-state index contributed by atoms with van der Waals surface area (Å²) in [4.78, 5) is 37.0. The lowest BCUT2D eigenvalue weighted by molar-refractivity contribution is -0.128. The van der Waals surface area contributed by atoms with E-state index < -0.39 is 6.04 Å². The number of amidine groups is 2. The van der Waals surface area contributed by atoms with Crippen LogP contribution in [0.25, 0.3) is 0 Å². The van der Waals surface area contributed by atoms with E-state index in [9.17, 15) is 14.0 Å². The third kappa shape index (κ3) is 4.67. The Labute approximate surface area is 216 Å². The molecule has 0 radical (unpaired) electrons. The molecule has 186 valence electrons. The molecule has 0 aliphatic carbocycles. The number of ether oxygens (including phenoxy) is 2. The van der Waals surface area contributed by atoms with Crippen LogP contribution in [0.4, 0.5) is 10.1 Å². The lowest BCUT2D eigenvalue weighted by Crippen LogP contribution is -2.42. The number of carbonyl (C=O) groups is 2. The van der Waals surface area contributed by atoms with Gasteiger partial charge in [0.15, 0.2) is 16.7 Å². The normalized spacial score (nSPS) is 17.2. The number of carbonyl (C=O) groups excluding carboxylic acids is 2. The maximum Gasteiger partial charge on any atom is 0.259 e. The van der Waals surface area contributed by atoms with Crippen molar-refractivity contribution in [2.45, 2.75) is 24.8 Å². The number of fused-ring (bicyclic) bond motifs is 4. The smallest absolute Gasteiger partial charge is 0.259 e. The minimum Gasteiger partial charge on any atom is -0.454 e. The lowest BCUT2D eigenvalue weighted by atomic mass is 10.1. The molecule has 0 bridgehead atoms. The summed E-state index contributed by atoms with van der Waals surface area (Å²) in [7, 11) is 0. The second-order valence-electron chi connectivity index (χ2n) is 8.64. The molecule has 0 unspecified atom stereocenters. The standard InChI is InChI=1S/C27H21FN4O4S/c28-18-5-3-4-17(10-18)14-37-27-31-20-7-2-1-6-19(20)25-30-21(26(34)32(25)27)12-24(33)29-13-16-8-9-22-23(11-16)36-15-35-22/h1-11,21H,12-15H2,(H,29,33)/t21-/m1/s1. The van der Waals surface area contributed by atoms with Crippen molar-refractivity contribution < 1.29 is 23.5 Å². The van der Waals surface area contributed by atoms with Crippen LogP contribution >= 0.6 is 11.8 Å². The van der Waals surface area contributed by atoms with Crippen molar-refractivity contribution in [1.29, 1.82) is 0 Å². The van der Waals surface area contributed by atoms with Crippen molar-refractivity contribution >= 4 is 40.3 Å². The van der Waals surface area contributed by atoms with Crippen molar-refractivity contribution in [3.05, 3.63) is 89.2 Å². The Bertz CT molecular complexity index is 1470. The number of aliphatic imine (C=N–C) groups is 2. The summed E-state index contributed by atoms with van der Waals surface area (Å²) >= 11 is 1.33. The summed E-state index contributed by atoms with van der Waals surface area (Å²) in [6.45, 7) is 0.469. The van der Waals surface area contributed by atoms with Gasteiger partial charge in [-0.2, -0.15) is 0 Å². The van der Waals surface area contributed by atoms with Crippen LogP contribution in [0.1, 0.15) is 23.1 Å². The number of hydrogen-bond donors (Lipinski definition) is 1. The van der Waals surface area contributed by atoms with Gasteiger partial charge in [0.05, 0.1) is 12.1 Å². The molecule has 3 aromatic carbocycles. The number of nitrogens with one attached hydrogen (secondary N) is 1. The van der Waals surface area contributed by atoms with Crippen LogP contribution < -0.4 is 14.8 Å². The lowest BCUT2D eigenvalue weighted by Gasteiger charge is -2.25. The van der Waals surface area contributed by atoms with E-state index in [-0.39, 0.29) is 37.4 Å². The monoisotopic (exact) mass is 516 g/mol. The number of benzene rings is 3. The van der Waals surface area contributed by atoms with Crippen molar-refractivity contribution in [3.63, 3.8) is 0 Å². The number of halogens is 1. The second-order valence-corrected chi connectivity index (χ2v) is 9.58. The molecule has 0 spiro atoms. The van der Waals surface area contributed by atoms with Gasteiger partial charge >= 0.3 is 0 Å². The molecule has 8 nitrogen and oxygen atoms in total. The van der Waals surface area contributed by atoms with Gasteiger partial charge in [-0.1, -0.05) is 42.1 Å².